The van der Waals surface area contributed by atoms with Crippen LogP contribution in [0.5, 0.6) is 11.5 Å². The van der Waals surface area contributed by atoms with Gasteiger partial charge in [-0.3, -0.25) is 13.9 Å². The molecule has 1 atom stereocenters. The molecule has 0 aromatic heterocycles. The fraction of sp³-hybridized carbons (Fsp3) is 0.333. The Morgan fingerprint density at radius 2 is 1.60 bits per heavy atom. The smallest absolute Gasteiger partial charge is 0.264 e. The van der Waals surface area contributed by atoms with E-state index in [-0.39, 0.29) is 28.8 Å². The van der Waals surface area contributed by atoms with Crippen LogP contribution in [0.2, 0.25) is 10.0 Å². The van der Waals surface area contributed by atoms with Crippen LogP contribution >= 0.6 is 23.2 Å². The number of benzene rings is 3. The van der Waals surface area contributed by atoms with Crippen molar-refractivity contribution in [2.45, 2.75) is 44.7 Å². The maximum atomic E-state index is 14.1. The molecule has 0 aliphatic heterocycles. The molecule has 2 amide bonds. The first kappa shape index (κ1) is 33.0. The van der Waals surface area contributed by atoms with Crippen molar-refractivity contribution in [2.75, 3.05) is 31.6 Å². The summed E-state index contributed by atoms with van der Waals surface area (Å²) < 4.78 is 39.8. The molecule has 0 aliphatic carbocycles. The molecule has 3 rings (SSSR count). The van der Waals surface area contributed by atoms with Crippen LogP contribution in [0.1, 0.15) is 31.4 Å². The van der Waals surface area contributed by atoms with E-state index in [1.165, 1.54) is 37.3 Å². The minimum absolute atomic E-state index is 0.00538. The second-order valence-corrected chi connectivity index (χ2v) is 12.3. The Morgan fingerprint density at radius 3 is 2.19 bits per heavy atom. The number of aryl methyl sites for hydroxylation is 1. The van der Waals surface area contributed by atoms with Crippen LogP contribution in [0.15, 0.2) is 65.6 Å². The Morgan fingerprint density at radius 1 is 0.929 bits per heavy atom. The molecular formula is C30H35Cl2N3O6S. The zero-order chi connectivity index (χ0) is 31.0. The number of halogens is 2. The number of carbonyl (C=O) groups is 2. The summed E-state index contributed by atoms with van der Waals surface area (Å²) >= 11 is 12.3. The number of ether oxygens (including phenoxy) is 2. The molecule has 3 aromatic carbocycles. The van der Waals surface area contributed by atoms with Crippen molar-refractivity contribution >= 4 is 50.7 Å². The minimum Gasteiger partial charge on any atom is -0.493 e. The molecule has 0 spiro atoms. The number of nitrogens with zero attached hydrogens (tertiary/aromatic N) is 2. The zero-order valence-electron chi connectivity index (χ0n) is 24.2. The van der Waals surface area contributed by atoms with Crippen molar-refractivity contribution in [3.8, 4) is 11.5 Å². The summed E-state index contributed by atoms with van der Waals surface area (Å²) in [6.07, 6.45) is 0.712. The molecular weight excluding hydrogens is 601 g/mol. The molecule has 1 N–H and O–H groups in total. The minimum atomic E-state index is -4.29. The summed E-state index contributed by atoms with van der Waals surface area (Å²) in [5, 5.41) is 3.45. The predicted octanol–water partition coefficient (Wildman–Crippen LogP) is 5.46. The average molecular weight is 637 g/mol. The largest absolute Gasteiger partial charge is 0.493 e. The maximum Gasteiger partial charge on any atom is 0.264 e. The van der Waals surface area contributed by atoms with Crippen LogP contribution in [-0.2, 0) is 26.2 Å². The molecule has 12 heteroatoms. The highest BCUT2D eigenvalue weighted by atomic mass is 35.5. The number of amides is 2. The Labute approximate surface area is 257 Å². The molecule has 0 aliphatic rings. The van der Waals surface area contributed by atoms with Crippen LogP contribution in [-0.4, -0.2) is 58.5 Å². The van der Waals surface area contributed by atoms with Gasteiger partial charge in [-0.2, -0.15) is 0 Å². The number of nitrogens with one attached hydrogen (secondary N) is 1. The number of carbonyl (C=O) groups excluding carboxylic acids is 2. The van der Waals surface area contributed by atoms with Crippen LogP contribution in [0.3, 0.4) is 0 Å². The van der Waals surface area contributed by atoms with Gasteiger partial charge in [0.25, 0.3) is 10.0 Å². The predicted molar refractivity (Wildman–Crippen MR) is 165 cm³/mol. The lowest BCUT2D eigenvalue weighted by atomic mass is 10.1. The molecule has 0 saturated heterocycles. The van der Waals surface area contributed by atoms with Gasteiger partial charge in [-0.25, -0.2) is 8.42 Å². The number of sulfonamides is 1. The summed E-state index contributed by atoms with van der Waals surface area (Å²) in [6.45, 7) is 5.24. The molecule has 0 fully saturated rings. The van der Waals surface area contributed by atoms with Crippen LogP contribution in [0.4, 0.5) is 5.69 Å². The van der Waals surface area contributed by atoms with Crippen molar-refractivity contribution in [1.82, 2.24) is 10.2 Å². The Kier molecular flexibility index (Phi) is 11.5. The van der Waals surface area contributed by atoms with E-state index in [0.29, 0.717) is 34.3 Å². The lowest BCUT2D eigenvalue weighted by Gasteiger charge is -2.32. The molecule has 0 radical (unpaired) electrons. The monoisotopic (exact) mass is 635 g/mol. The van der Waals surface area contributed by atoms with Gasteiger partial charge in [0.1, 0.15) is 12.6 Å². The number of rotatable bonds is 13. The first-order valence-electron chi connectivity index (χ1n) is 13.3. The fourth-order valence-corrected chi connectivity index (χ4v) is 5.91. The maximum absolute atomic E-state index is 14.1. The van der Waals surface area contributed by atoms with Gasteiger partial charge in [-0.1, -0.05) is 53.9 Å². The molecule has 0 bridgehead atoms. The highest BCUT2D eigenvalue weighted by Crippen LogP contribution is 2.32. The van der Waals surface area contributed by atoms with Gasteiger partial charge in [-0.05, 0) is 62.2 Å². The number of hydrogen-bond donors (Lipinski definition) is 1. The van der Waals surface area contributed by atoms with Gasteiger partial charge in [0, 0.05) is 19.2 Å². The number of anilines is 1. The van der Waals surface area contributed by atoms with Gasteiger partial charge in [0.15, 0.2) is 11.5 Å². The summed E-state index contributed by atoms with van der Waals surface area (Å²) in [4.78, 5) is 28.2. The van der Waals surface area contributed by atoms with E-state index >= 15 is 0 Å². The van der Waals surface area contributed by atoms with E-state index in [0.717, 1.165) is 9.87 Å². The molecule has 226 valence electrons. The lowest BCUT2D eigenvalue weighted by Crippen LogP contribution is -2.51. The second-order valence-electron chi connectivity index (χ2n) is 9.60. The molecule has 3 aromatic rings. The molecule has 42 heavy (non-hydrogen) atoms. The van der Waals surface area contributed by atoms with E-state index in [1.54, 1.807) is 49.4 Å². The SMILES string of the molecule is CCCNC(=O)C(C)N(Cc1ccc(Cl)c(Cl)c1)C(=O)CN(c1ccc(C)cc1)S(=O)(=O)c1ccc(OC)c(OC)c1. The number of hydrogen-bond acceptors (Lipinski definition) is 6. The molecule has 1 unspecified atom stereocenters. The highest BCUT2D eigenvalue weighted by Gasteiger charge is 2.33. The van der Waals surface area contributed by atoms with Crippen molar-refractivity contribution in [2.24, 2.45) is 0 Å². The van der Waals surface area contributed by atoms with E-state index in [1.807, 2.05) is 13.8 Å². The Bertz CT molecular complexity index is 1520. The summed E-state index contributed by atoms with van der Waals surface area (Å²) in [6, 6.07) is 15.0. The Balaban J connectivity index is 2.07. The lowest BCUT2D eigenvalue weighted by molar-refractivity contribution is -0.139. The summed E-state index contributed by atoms with van der Waals surface area (Å²) in [5.74, 6) is -0.384. The Hall–Kier alpha value is -3.47. The first-order valence-corrected chi connectivity index (χ1v) is 15.4. The summed E-state index contributed by atoms with van der Waals surface area (Å²) in [5.41, 5.74) is 1.81. The second kappa shape index (κ2) is 14.6. The molecule has 0 heterocycles. The van der Waals surface area contributed by atoms with Gasteiger partial charge in [-0.15, -0.1) is 0 Å². The fourth-order valence-electron chi connectivity index (χ4n) is 4.16. The third kappa shape index (κ3) is 7.87. The normalized spacial score (nSPS) is 11.9. The topological polar surface area (TPSA) is 105 Å². The van der Waals surface area contributed by atoms with Crippen molar-refractivity contribution < 1.29 is 27.5 Å². The quantitative estimate of drug-likeness (QED) is 0.267. The standard InChI is InChI=1S/C30H35Cl2N3O6S/c1-6-15-33-30(37)21(3)34(18-22-9-13-25(31)26(32)16-22)29(36)19-35(23-10-7-20(2)8-11-23)42(38,39)24-12-14-27(40-4)28(17-24)41-5/h7-14,16-17,21H,6,15,18-19H2,1-5H3,(H,33,37). The van der Waals surface area contributed by atoms with Crippen molar-refractivity contribution in [1.29, 1.82) is 0 Å². The van der Waals surface area contributed by atoms with Gasteiger partial charge >= 0.3 is 0 Å². The van der Waals surface area contributed by atoms with Gasteiger partial charge in [0.05, 0.1) is 34.8 Å². The average Bonchev–Trinajstić information content (AvgIpc) is 2.98. The van der Waals surface area contributed by atoms with Crippen molar-refractivity contribution in [3.63, 3.8) is 0 Å². The molecule has 0 saturated carbocycles. The van der Waals surface area contributed by atoms with Crippen LogP contribution in [0.25, 0.3) is 0 Å². The zero-order valence-corrected chi connectivity index (χ0v) is 26.5. The number of methoxy groups -OCH3 is 2. The van der Waals surface area contributed by atoms with Gasteiger partial charge < -0.3 is 19.7 Å². The summed E-state index contributed by atoms with van der Waals surface area (Å²) in [7, 11) is -1.44. The third-order valence-electron chi connectivity index (χ3n) is 6.60. The first-order chi connectivity index (χ1) is 19.9. The third-order valence-corrected chi connectivity index (χ3v) is 9.11. The van der Waals surface area contributed by atoms with E-state index in [2.05, 4.69) is 5.32 Å². The van der Waals surface area contributed by atoms with Crippen LogP contribution in [0, 0.1) is 6.92 Å². The van der Waals surface area contributed by atoms with E-state index in [9.17, 15) is 18.0 Å². The van der Waals surface area contributed by atoms with Gasteiger partial charge in [0.2, 0.25) is 11.8 Å². The highest BCUT2D eigenvalue weighted by molar-refractivity contribution is 7.92. The van der Waals surface area contributed by atoms with E-state index < -0.39 is 28.5 Å². The molecule has 9 nitrogen and oxygen atoms in total. The van der Waals surface area contributed by atoms with Crippen molar-refractivity contribution in [3.05, 3.63) is 81.8 Å². The van der Waals surface area contributed by atoms with E-state index in [4.69, 9.17) is 32.7 Å². The van der Waals surface area contributed by atoms with Crippen LogP contribution < -0.4 is 19.1 Å².